The fraction of sp³-hybridized carbons (Fsp3) is 0.231. The highest BCUT2D eigenvalue weighted by Crippen LogP contribution is 2.36. The lowest BCUT2D eigenvalue weighted by molar-refractivity contribution is 0.174. The Morgan fingerprint density at radius 2 is 2.10 bits per heavy atom. The van der Waals surface area contributed by atoms with Crippen LogP contribution in [-0.2, 0) is 11.3 Å². The maximum Gasteiger partial charge on any atom is 0.231 e. The first-order valence-electron chi connectivity index (χ1n) is 5.80. The third kappa shape index (κ3) is 2.46. The van der Waals surface area contributed by atoms with Crippen LogP contribution in [0.2, 0.25) is 5.15 Å². The summed E-state index contributed by atoms with van der Waals surface area (Å²) in [5.41, 5.74) is 1.50. The molecule has 5 nitrogen and oxygen atoms in total. The van der Waals surface area contributed by atoms with Crippen molar-refractivity contribution in [1.82, 2.24) is 9.97 Å². The number of hydrogen-bond acceptors (Lipinski definition) is 5. The number of benzene rings is 1. The van der Waals surface area contributed by atoms with Gasteiger partial charge in [0.15, 0.2) is 17.3 Å². The molecule has 0 saturated heterocycles. The molecule has 104 valence electrons. The van der Waals surface area contributed by atoms with Crippen LogP contribution in [0.15, 0.2) is 22.7 Å². The van der Waals surface area contributed by atoms with Crippen molar-refractivity contribution < 1.29 is 14.2 Å². The molecule has 0 bridgehead atoms. The van der Waals surface area contributed by atoms with Crippen molar-refractivity contribution in [3.05, 3.63) is 33.5 Å². The maximum atomic E-state index is 6.11. The monoisotopic (exact) mass is 356 g/mol. The van der Waals surface area contributed by atoms with E-state index in [1.54, 1.807) is 7.11 Å². The number of aromatic nitrogens is 2. The predicted molar refractivity (Wildman–Crippen MR) is 77.0 cm³/mol. The van der Waals surface area contributed by atoms with Crippen LogP contribution in [0.4, 0.5) is 0 Å². The molecule has 20 heavy (non-hydrogen) atoms. The zero-order chi connectivity index (χ0) is 14.1. The molecule has 0 amide bonds. The number of hydrogen-bond donors (Lipinski definition) is 0. The van der Waals surface area contributed by atoms with Crippen LogP contribution in [0.1, 0.15) is 5.69 Å². The van der Waals surface area contributed by atoms with Gasteiger partial charge in [-0.05, 0) is 34.1 Å². The lowest BCUT2D eigenvalue weighted by Gasteiger charge is -2.08. The molecule has 0 radical (unpaired) electrons. The summed E-state index contributed by atoms with van der Waals surface area (Å²) in [6, 6.07) is 5.52. The van der Waals surface area contributed by atoms with Crippen molar-refractivity contribution in [2.24, 2.45) is 0 Å². The molecule has 1 aromatic heterocycles. The summed E-state index contributed by atoms with van der Waals surface area (Å²) in [7, 11) is 1.60. The lowest BCUT2D eigenvalue weighted by Crippen LogP contribution is -2.00. The first-order chi connectivity index (χ1) is 9.69. The summed E-state index contributed by atoms with van der Waals surface area (Å²) >= 11 is 9.47. The van der Waals surface area contributed by atoms with Crippen LogP contribution >= 0.6 is 27.5 Å². The molecule has 0 spiro atoms. The molecule has 0 atom stereocenters. The number of rotatable bonds is 3. The van der Waals surface area contributed by atoms with Gasteiger partial charge < -0.3 is 14.2 Å². The molecular weight excluding hydrogens is 348 g/mol. The van der Waals surface area contributed by atoms with Crippen LogP contribution < -0.4 is 9.47 Å². The average molecular weight is 358 g/mol. The van der Waals surface area contributed by atoms with E-state index in [1.165, 1.54) is 0 Å². The Morgan fingerprint density at radius 3 is 2.90 bits per heavy atom. The van der Waals surface area contributed by atoms with E-state index in [9.17, 15) is 0 Å². The van der Waals surface area contributed by atoms with Crippen LogP contribution in [0.5, 0.6) is 11.5 Å². The van der Waals surface area contributed by atoms with Crippen molar-refractivity contribution in [2.45, 2.75) is 6.61 Å². The second kappa shape index (κ2) is 5.55. The zero-order valence-corrected chi connectivity index (χ0v) is 12.9. The molecule has 0 fully saturated rings. The first kappa shape index (κ1) is 13.6. The van der Waals surface area contributed by atoms with E-state index in [1.807, 2.05) is 18.2 Å². The predicted octanol–water partition coefficient (Wildman–Crippen LogP) is 3.43. The fourth-order valence-electron chi connectivity index (χ4n) is 1.86. The van der Waals surface area contributed by atoms with E-state index in [4.69, 9.17) is 25.8 Å². The minimum Gasteiger partial charge on any atom is -0.454 e. The molecule has 7 heteroatoms. The van der Waals surface area contributed by atoms with Crippen LogP contribution in [0.3, 0.4) is 0 Å². The van der Waals surface area contributed by atoms with E-state index in [2.05, 4.69) is 25.9 Å². The Morgan fingerprint density at radius 1 is 1.30 bits per heavy atom. The topological polar surface area (TPSA) is 53.5 Å². The van der Waals surface area contributed by atoms with Crippen LogP contribution in [0, 0.1) is 0 Å². The molecule has 2 heterocycles. The van der Waals surface area contributed by atoms with E-state index in [-0.39, 0.29) is 6.79 Å². The van der Waals surface area contributed by atoms with Gasteiger partial charge in [0.1, 0.15) is 5.15 Å². The molecule has 3 rings (SSSR count). The third-order valence-corrected chi connectivity index (χ3v) is 4.13. The van der Waals surface area contributed by atoms with Gasteiger partial charge in [-0.25, -0.2) is 9.97 Å². The number of ether oxygens (including phenoxy) is 3. The molecule has 2 aromatic rings. The van der Waals surface area contributed by atoms with Crippen molar-refractivity contribution in [3.8, 4) is 22.9 Å². The quantitative estimate of drug-likeness (QED) is 0.788. The van der Waals surface area contributed by atoms with Gasteiger partial charge in [-0.15, -0.1) is 0 Å². The Bertz CT molecular complexity index is 666. The Balaban J connectivity index is 2.05. The van der Waals surface area contributed by atoms with Gasteiger partial charge in [-0.1, -0.05) is 11.6 Å². The van der Waals surface area contributed by atoms with E-state index < -0.39 is 0 Å². The number of methoxy groups -OCH3 is 1. The van der Waals surface area contributed by atoms with Gasteiger partial charge >= 0.3 is 0 Å². The normalized spacial score (nSPS) is 12.8. The molecule has 1 aromatic carbocycles. The highest BCUT2D eigenvalue weighted by Gasteiger charge is 2.17. The highest BCUT2D eigenvalue weighted by molar-refractivity contribution is 9.10. The second-order valence-electron chi connectivity index (χ2n) is 4.10. The molecule has 1 aliphatic heterocycles. The summed E-state index contributed by atoms with van der Waals surface area (Å²) in [5.74, 6) is 1.91. The SMILES string of the molecule is COCc1nc(-c2ccc3c(c2)OCO3)nc(Cl)c1Br. The summed E-state index contributed by atoms with van der Waals surface area (Å²) in [4.78, 5) is 8.72. The lowest BCUT2D eigenvalue weighted by atomic mass is 10.2. The molecular formula is C13H10BrClN2O3. The molecule has 0 unspecified atom stereocenters. The Kier molecular flexibility index (Phi) is 3.78. The Hall–Kier alpha value is -1.37. The number of halogens is 2. The average Bonchev–Trinajstić information content (AvgIpc) is 2.91. The Labute approximate surface area is 129 Å². The van der Waals surface area contributed by atoms with E-state index in [0.29, 0.717) is 39.3 Å². The zero-order valence-electron chi connectivity index (χ0n) is 10.5. The molecule has 0 aliphatic carbocycles. The minimum atomic E-state index is 0.232. The standard InChI is InChI=1S/C13H10BrClN2O3/c1-18-5-8-11(14)12(15)17-13(16-8)7-2-3-9-10(4-7)20-6-19-9/h2-4H,5-6H2,1H3. The van der Waals surface area contributed by atoms with Gasteiger partial charge in [0.05, 0.1) is 16.8 Å². The fourth-order valence-corrected chi connectivity index (χ4v) is 2.34. The molecule has 1 aliphatic rings. The molecule has 0 N–H and O–H groups in total. The maximum absolute atomic E-state index is 6.11. The second-order valence-corrected chi connectivity index (χ2v) is 5.25. The largest absolute Gasteiger partial charge is 0.454 e. The number of nitrogens with zero attached hydrogens (tertiary/aromatic N) is 2. The summed E-state index contributed by atoms with van der Waals surface area (Å²) < 4.78 is 16.4. The number of fused-ring (bicyclic) bond motifs is 1. The van der Waals surface area contributed by atoms with Gasteiger partial charge in [-0.2, -0.15) is 0 Å². The van der Waals surface area contributed by atoms with Crippen molar-refractivity contribution in [3.63, 3.8) is 0 Å². The van der Waals surface area contributed by atoms with Crippen molar-refractivity contribution in [1.29, 1.82) is 0 Å². The summed E-state index contributed by atoms with van der Waals surface area (Å²) in [6.07, 6.45) is 0. The van der Waals surface area contributed by atoms with Crippen LogP contribution in [0.25, 0.3) is 11.4 Å². The third-order valence-electron chi connectivity index (χ3n) is 2.79. The summed E-state index contributed by atoms with van der Waals surface area (Å²) in [5, 5.41) is 0.347. The smallest absolute Gasteiger partial charge is 0.231 e. The van der Waals surface area contributed by atoms with Crippen LogP contribution in [-0.4, -0.2) is 23.9 Å². The van der Waals surface area contributed by atoms with Gasteiger partial charge in [-0.3, -0.25) is 0 Å². The first-order valence-corrected chi connectivity index (χ1v) is 6.97. The highest BCUT2D eigenvalue weighted by atomic mass is 79.9. The summed E-state index contributed by atoms with van der Waals surface area (Å²) in [6.45, 7) is 0.579. The van der Waals surface area contributed by atoms with Gasteiger partial charge in [0.2, 0.25) is 6.79 Å². The molecule has 0 saturated carbocycles. The minimum absolute atomic E-state index is 0.232. The van der Waals surface area contributed by atoms with Crippen molar-refractivity contribution in [2.75, 3.05) is 13.9 Å². The van der Waals surface area contributed by atoms with E-state index in [0.717, 1.165) is 5.56 Å². The van der Waals surface area contributed by atoms with Gasteiger partial charge in [0, 0.05) is 12.7 Å². The van der Waals surface area contributed by atoms with Crippen molar-refractivity contribution >= 4 is 27.5 Å². The van der Waals surface area contributed by atoms with E-state index >= 15 is 0 Å². The van der Waals surface area contributed by atoms with Gasteiger partial charge in [0.25, 0.3) is 0 Å².